The number of aromatic carboxylic acids is 1. The number of fused-ring (bicyclic) bond motifs is 3. The van der Waals surface area contributed by atoms with Gasteiger partial charge in [-0.2, -0.15) is 0 Å². The summed E-state index contributed by atoms with van der Waals surface area (Å²) in [6.45, 7) is 0.853. The zero-order chi connectivity index (χ0) is 22.9. The molecule has 0 fully saturated rings. The van der Waals surface area contributed by atoms with Gasteiger partial charge >= 0.3 is 5.97 Å². The molecule has 5 rings (SSSR count). The minimum absolute atomic E-state index is 0.206. The molecule has 0 aliphatic carbocycles. The number of carboxylic acid groups (broad SMARTS) is 1. The first-order valence-electron chi connectivity index (χ1n) is 10.3. The van der Waals surface area contributed by atoms with Crippen LogP contribution in [0.4, 0.5) is 0 Å². The number of furan rings is 1. The number of amides is 1. The maximum atomic E-state index is 13.3. The van der Waals surface area contributed by atoms with Crippen molar-refractivity contribution in [1.82, 2.24) is 9.88 Å². The van der Waals surface area contributed by atoms with Crippen LogP contribution in [-0.4, -0.2) is 21.6 Å². The largest absolute Gasteiger partial charge is 0.478 e. The Balaban J connectivity index is 1.48. The number of carboxylic acids is 1. The number of hydrogen-bond donors (Lipinski definition) is 2. The molecule has 0 aliphatic rings. The number of aromatic nitrogens is 1. The molecule has 2 N–H and O–H groups in total. The van der Waals surface area contributed by atoms with Crippen molar-refractivity contribution in [2.45, 2.75) is 13.1 Å². The predicted molar refractivity (Wildman–Crippen MR) is 127 cm³/mol. The van der Waals surface area contributed by atoms with Gasteiger partial charge in [0.05, 0.1) is 22.9 Å². The lowest BCUT2D eigenvalue weighted by Crippen LogP contribution is -2.23. The van der Waals surface area contributed by atoms with Crippen LogP contribution < -0.4 is 5.32 Å². The van der Waals surface area contributed by atoms with Crippen LogP contribution >= 0.6 is 11.6 Å². The Morgan fingerprint density at radius 1 is 0.970 bits per heavy atom. The Morgan fingerprint density at radius 2 is 1.70 bits per heavy atom. The number of carbonyl (C=O) groups excluding carboxylic acids is 1. The molecule has 3 aromatic carbocycles. The van der Waals surface area contributed by atoms with Crippen LogP contribution in [0.5, 0.6) is 0 Å². The fourth-order valence-electron chi connectivity index (χ4n) is 3.97. The summed E-state index contributed by atoms with van der Waals surface area (Å²) in [7, 11) is 0. The summed E-state index contributed by atoms with van der Waals surface area (Å²) in [6, 6.07) is 19.7. The van der Waals surface area contributed by atoms with Crippen LogP contribution in [0.3, 0.4) is 0 Å². The highest BCUT2D eigenvalue weighted by atomic mass is 35.5. The lowest BCUT2D eigenvalue weighted by molar-refractivity contribution is 0.0696. The third-order valence-corrected chi connectivity index (χ3v) is 5.88. The maximum Gasteiger partial charge on any atom is 0.335 e. The van der Waals surface area contributed by atoms with Crippen molar-refractivity contribution in [3.8, 4) is 0 Å². The van der Waals surface area contributed by atoms with E-state index in [4.69, 9.17) is 21.1 Å². The Bertz CT molecular complexity index is 1480. The number of halogens is 1. The van der Waals surface area contributed by atoms with Crippen molar-refractivity contribution >= 4 is 45.3 Å². The molecule has 5 aromatic rings. The van der Waals surface area contributed by atoms with E-state index < -0.39 is 5.97 Å². The molecule has 2 aromatic heterocycles. The normalized spacial score (nSPS) is 11.2. The summed E-state index contributed by atoms with van der Waals surface area (Å²) in [5.41, 5.74) is 4.14. The van der Waals surface area contributed by atoms with Crippen molar-refractivity contribution in [2.75, 3.05) is 0 Å². The predicted octanol–water partition coefficient (Wildman–Crippen LogP) is 5.72. The SMILES string of the molecule is O=C(O)c1ccc(CNC(=O)c2cc3ccoc3c3ccn(Cc4ccc(Cl)cc4)c23)cc1. The molecule has 0 atom stereocenters. The van der Waals surface area contributed by atoms with E-state index in [1.54, 1.807) is 18.4 Å². The van der Waals surface area contributed by atoms with Crippen LogP contribution in [0.1, 0.15) is 31.8 Å². The van der Waals surface area contributed by atoms with Gasteiger partial charge in [0.2, 0.25) is 0 Å². The van der Waals surface area contributed by atoms with Gasteiger partial charge in [0.15, 0.2) is 0 Å². The molecule has 164 valence electrons. The Labute approximate surface area is 194 Å². The number of nitrogens with one attached hydrogen (secondary N) is 1. The summed E-state index contributed by atoms with van der Waals surface area (Å²) < 4.78 is 7.72. The zero-order valence-corrected chi connectivity index (χ0v) is 18.2. The molecule has 2 heterocycles. The average molecular weight is 459 g/mol. The quantitative estimate of drug-likeness (QED) is 0.341. The Kier molecular flexibility index (Phi) is 5.36. The minimum atomic E-state index is -0.983. The van der Waals surface area contributed by atoms with Gasteiger partial charge in [-0.3, -0.25) is 4.79 Å². The summed E-state index contributed by atoms with van der Waals surface area (Å²) in [4.78, 5) is 24.3. The average Bonchev–Trinajstić information content (AvgIpc) is 3.45. The van der Waals surface area contributed by atoms with E-state index in [-0.39, 0.29) is 18.0 Å². The summed E-state index contributed by atoms with van der Waals surface area (Å²) in [6.07, 6.45) is 3.56. The summed E-state index contributed by atoms with van der Waals surface area (Å²) in [5, 5.41) is 14.4. The molecule has 0 radical (unpaired) electrons. The highest BCUT2D eigenvalue weighted by molar-refractivity contribution is 6.30. The van der Waals surface area contributed by atoms with Gasteiger partial charge in [-0.1, -0.05) is 35.9 Å². The monoisotopic (exact) mass is 458 g/mol. The second-order valence-electron chi connectivity index (χ2n) is 7.78. The van der Waals surface area contributed by atoms with Gasteiger partial charge in [-0.25, -0.2) is 4.79 Å². The summed E-state index contributed by atoms with van der Waals surface area (Å²) in [5.74, 6) is -1.20. The molecular formula is C26H19ClN2O4. The molecule has 1 amide bonds. The van der Waals surface area contributed by atoms with Gasteiger partial charge in [-0.15, -0.1) is 0 Å². The first kappa shape index (κ1) is 20.8. The topological polar surface area (TPSA) is 84.5 Å². The van der Waals surface area contributed by atoms with Gasteiger partial charge in [0.1, 0.15) is 5.58 Å². The first-order valence-corrected chi connectivity index (χ1v) is 10.7. The van der Waals surface area contributed by atoms with Gasteiger partial charge < -0.3 is 19.4 Å². The zero-order valence-electron chi connectivity index (χ0n) is 17.4. The fourth-order valence-corrected chi connectivity index (χ4v) is 4.09. The van der Waals surface area contributed by atoms with E-state index in [0.29, 0.717) is 17.1 Å². The molecule has 7 heteroatoms. The first-order chi connectivity index (χ1) is 16.0. The van der Waals surface area contributed by atoms with E-state index in [0.717, 1.165) is 33.0 Å². The van der Waals surface area contributed by atoms with E-state index in [2.05, 4.69) is 5.32 Å². The van der Waals surface area contributed by atoms with Crippen LogP contribution in [0, 0.1) is 0 Å². The second-order valence-corrected chi connectivity index (χ2v) is 8.22. The minimum Gasteiger partial charge on any atom is -0.478 e. The molecule has 0 aliphatic heterocycles. The van der Waals surface area contributed by atoms with Crippen molar-refractivity contribution in [3.63, 3.8) is 0 Å². The molecular weight excluding hydrogens is 440 g/mol. The van der Waals surface area contributed by atoms with Crippen molar-refractivity contribution in [3.05, 3.63) is 106 Å². The van der Waals surface area contributed by atoms with Crippen molar-refractivity contribution in [2.24, 2.45) is 0 Å². The molecule has 0 saturated carbocycles. The summed E-state index contributed by atoms with van der Waals surface area (Å²) >= 11 is 6.02. The van der Waals surface area contributed by atoms with Gasteiger partial charge in [0, 0.05) is 35.1 Å². The van der Waals surface area contributed by atoms with Crippen LogP contribution in [0.25, 0.3) is 21.9 Å². The van der Waals surface area contributed by atoms with Crippen LogP contribution in [0.2, 0.25) is 5.02 Å². The molecule has 0 unspecified atom stereocenters. The van der Waals surface area contributed by atoms with Crippen molar-refractivity contribution in [1.29, 1.82) is 0 Å². The van der Waals surface area contributed by atoms with Crippen LogP contribution in [-0.2, 0) is 13.1 Å². The molecule has 33 heavy (non-hydrogen) atoms. The second kappa shape index (κ2) is 8.48. The van der Waals surface area contributed by atoms with Crippen molar-refractivity contribution < 1.29 is 19.1 Å². The number of benzene rings is 3. The van der Waals surface area contributed by atoms with Crippen LogP contribution in [0.15, 0.2) is 83.6 Å². The smallest absolute Gasteiger partial charge is 0.335 e. The van der Waals surface area contributed by atoms with E-state index >= 15 is 0 Å². The van der Waals surface area contributed by atoms with Gasteiger partial charge in [-0.05, 0) is 53.6 Å². The molecule has 6 nitrogen and oxygen atoms in total. The number of nitrogens with zero attached hydrogens (tertiary/aromatic N) is 1. The third kappa shape index (κ3) is 4.08. The van der Waals surface area contributed by atoms with Gasteiger partial charge in [0.25, 0.3) is 5.91 Å². The van der Waals surface area contributed by atoms with E-state index in [1.807, 2.05) is 53.2 Å². The van der Waals surface area contributed by atoms with E-state index in [9.17, 15) is 9.59 Å². The van der Waals surface area contributed by atoms with E-state index in [1.165, 1.54) is 12.1 Å². The molecule has 0 saturated heterocycles. The Morgan fingerprint density at radius 3 is 2.42 bits per heavy atom. The highest BCUT2D eigenvalue weighted by Gasteiger charge is 2.18. The number of carbonyl (C=O) groups is 2. The fraction of sp³-hybridized carbons (Fsp3) is 0.0769. The third-order valence-electron chi connectivity index (χ3n) is 5.62. The molecule has 0 bridgehead atoms. The highest BCUT2D eigenvalue weighted by Crippen LogP contribution is 2.31. The lowest BCUT2D eigenvalue weighted by Gasteiger charge is -2.12. The number of rotatable bonds is 6. The Hall–Kier alpha value is -4.03. The lowest BCUT2D eigenvalue weighted by atomic mass is 10.1. The maximum absolute atomic E-state index is 13.3. The number of hydrogen-bond acceptors (Lipinski definition) is 3. The molecule has 0 spiro atoms. The standard InChI is InChI=1S/C26H19ClN2O4/c27-20-7-3-17(4-8-20)15-29-11-9-21-23(29)22(13-19-10-12-33-24(19)21)25(30)28-14-16-1-5-18(6-2-16)26(31)32/h1-13H,14-15H2,(H,28,30)(H,31,32).